The van der Waals surface area contributed by atoms with Crippen molar-refractivity contribution in [1.29, 1.82) is 0 Å². The first kappa shape index (κ1) is 12.8. The van der Waals surface area contributed by atoms with Gasteiger partial charge in [-0.15, -0.1) is 0 Å². The Morgan fingerprint density at radius 2 is 1.94 bits per heavy atom. The average molecular weight is 246 g/mol. The molecule has 16 heavy (non-hydrogen) atoms. The van der Waals surface area contributed by atoms with Crippen LogP contribution < -0.4 is 10.5 Å². The SMILES string of the molecule is NS(=O)(=O)CCNCc1ccc(O)c(O)c1. The van der Waals surface area contributed by atoms with Crippen molar-refractivity contribution in [2.24, 2.45) is 5.14 Å². The second-order valence-corrected chi connectivity index (χ2v) is 5.10. The average Bonchev–Trinajstić information content (AvgIpc) is 2.17. The van der Waals surface area contributed by atoms with Crippen molar-refractivity contribution < 1.29 is 18.6 Å². The maximum atomic E-state index is 10.6. The lowest BCUT2D eigenvalue weighted by Gasteiger charge is -2.05. The minimum atomic E-state index is -3.45. The third-order valence-electron chi connectivity index (χ3n) is 1.93. The predicted molar refractivity (Wildman–Crippen MR) is 59.5 cm³/mol. The monoisotopic (exact) mass is 246 g/mol. The molecule has 0 saturated carbocycles. The molecule has 1 aromatic carbocycles. The Labute approximate surface area is 93.8 Å². The molecule has 0 saturated heterocycles. The van der Waals surface area contributed by atoms with Gasteiger partial charge in [-0.2, -0.15) is 0 Å². The quantitative estimate of drug-likeness (QED) is 0.412. The molecule has 0 aromatic heterocycles. The van der Waals surface area contributed by atoms with E-state index in [1.807, 2.05) is 0 Å². The third kappa shape index (κ3) is 4.47. The molecule has 6 nitrogen and oxygen atoms in total. The number of nitrogens with two attached hydrogens (primary N) is 1. The molecule has 0 aliphatic heterocycles. The van der Waals surface area contributed by atoms with Crippen LogP contribution >= 0.6 is 0 Å². The summed E-state index contributed by atoms with van der Waals surface area (Å²) in [5, 5.41) is 25.9. The van der Waals surface area contributed by atoms with Crippen molar-refractivity contribution in [2.75, 3.05) is 12.3 Å². The van der Waals surface area contributed by atoms with Gasteiger partial charge in [0.1, 0.15) is 0 Å². The van der Waals surface area contributed by atoms with Crippen molar-refractivity contribution in [3.05, 3.63) is 23.8 Å². The number of benzene rings is 1. The summed E-state index contributed by atoms with van der Waals surface area (Å²) in [4.78, 5) is 0. The van der Waals surface area contributed by atoms with E-state index in [2.05, 4.69) is 5.32 Å². The number of aromatic hydroxyl groups is 2. The molecule has 0 radical (unpaired) electrons. The Kier molecular flexibility index (Phi) is 4.11. The zero-order chi connectivity index (χ0) is 12.2. The molecule has 0 bridgehead atoms. The molecule has 0 atom stereocenters. The van der Waals surface area contributed by atoms with Crippen molar-refractivity contribution >= 4 is 10.0 Å². The smallest absolute Gasteiger partial charge is 0.210 e. The lowest BCUT2D eigenvalue weighted by molar-refractivity contribution is 0.403. The number of phenols is 2. The van der Waals surface area contributed by atoms with Gasteiger partial charge in [-0.1, -0.05) is 6.07 Å². The van der Waals surface area contributed by atoms with Gasteiger partial charge in [-0.3, -0.25) is 0 Å². The number of rotatable bonds is 5. The zero-order valence-electron chi connectivity index (χ0n) is 8.55. The number of phenolic OH excluding ortho intramolecular Hbond substituents is 2. The van der Waals surface area contributed by atoms with Gasteiger partial charge < -0.3 is 15.5 Å². The van der Waals surface area contributed by atoms with Crippen LogP contribution in [-0.4, -0.2) is 30.9 Å². The normalized spacial score (nSPS) is 11.6. The molecule has 90 valence electrons. The number of hydrogen-bond acceptors (Lipinski definition) is 5. The van der Waals surface area contributed by atoms with Gasteiger partial charge in [0.05, 0.1) is 5.75 Å². The fourth-order valence-electron chi connectivity index (χ4n) is 1.13. The molecule has 0 aliphatic rings. The van der Waals surface area contributed by atoms with Gasteiger partial charge in [0.25, 0.3) is 0 Å². The third-order valence-corrected chi connectivity index (χ3v) is 2.71. The highest BCUT2D eigenvalue weighted by molar-refractivity contribution is 7.89. The first-order valence-electron chi connectivity index (χ1n) is 4.60. The molecule has 1 aromatic rings. The van der Waals surface area contributed by atoms with E-state index < -0.39 is 10.0 Å². The van der Waals surface area contributed by atoms with E-state index in [4.69, 9.17) is 10.2 Å². The van der Waals surface area contributed by atoms with Crippen LogP contribution in [-0.2, 0) is 16.6 Å². The van der Waals surface area contributed by atoms with Crippen LogP contribution in [0.15, 0.2) is 18.2 Å². The summed E-state index contributed by atoms with van der Waals surface area (Å²) in [7, 11) is -3.45. The molecule has 0 aliphatic carbocycles. The topological polar surface area (TPSA) is 113 Å². The number of nitrogens with one attached hydrogen (secondary N) is 1. The van der Waals surface area contributed by atoms with Crippen LogP contribution in [0.25, 0.3) is 0 Å². The molecule has 0 fully saturated rings. The predicted octanol–water partition coefficient (Wildman–Crippen LogP) is -0.524. The van der Waals surface area contributed by atoms with Gasteiger partial charge in [-0.05, 0) is 17.7 Å². The van der Waals surface area contributed by atoms with Crippen LogP contribution in [0.5, 0.6) is 11.5 Å². The van der Waals surface area contributed by atoms with Crippen molar-refractivity contribution in [3.8, 4) is 11.5 Å². The number of primary sulfonamides is 1. The Balaban J connectivity index is 2.41. The lowest BCUT2D eigenvalue weighted by Crippen LogP contribution is -2.26. The van der Waals surface area contributed by atoms with Gasteiger partial charge in [-0.25, -0.2) is 13.6 Å². The Bertz CT molecular complexity index is 459. The minimum absolute atomic E-state index is 0.142. The second kappa shape index (κ2) is 5.15. The molecular formula is C9H14N2O4S. The first-order chi connectivity index (χ1) is 7.38. The van der Waals surface area contributed by atoms with E-state index in [0.717, 1.165) is 5.56 Å². The summed E-state index contributed by atoms with van der Waals surface area (Å²) in [6.07, 6.45) is 0. The summed E-state index contributed by atoms with van der Waals surface area (Å²) >= 11 is 0. The second-order valence-electron chi connectivity index (χ2n) is 3.37. The van der Waals surface area contributed by atoms with Crippen molar-refractivity contribution in [1.82, 2.24) is 5.32 Å². The van der Waals surface area contributed by atoms with E-state index >= 15 is 0 Å². The van der Waals surface area contributed by atoms with E-state index in [0.29, 0.717) is 6.54 Å². The standard InChI is InChI=1S/C9H14N2O4S/c10-16(14,15)4-3-11-6-7-1-2-8(12)9(13)5-7/h1-2,5,11-13H,3-4,6H2,(H2,10,14,15). The molecular weight excluding hydrogens is 232 g/mol. The Hall–Kier alpha value is -1.31. The van der Waals surface area contributed by atoms with E-state index in [1.165, 1.54) is 12.1 Å². The largest absolute Gasteiger partial charge is 0.504 e. The molecule has 0 heterocycles. The summed E-state index contributed by atoms with van der Waals surface area (Å²) in [6.45, 7) is 0.629. The van der Waals surface area contributed by atoms with Crippen LogP contribution in [0.4, 0.5) is 0 Å². The lowest BCUT2D eigenvalue weighted by atomic mass is 10.2. The molecule has 5 N–H and O–H groups in total. The van der Waals surface area contributed by atoms with Crippen LogP contribution in [0.3, 0.4) is 0 Å². The first-order valence-corrected chi connectivity index (χ1v) is 6.32. The van der Waals surface area contributed by atoms with Gasteiger partial charge in [0.2, 0.25) is 10.0 Å². The van der Waals surface area contributed by atoms with Crippen LogP contribution in [0.1, 0.15) is 5.56 Å². The fourth-order valence-corrected chi connectivity index (χ4v) is 1.55. The maximum absolute atomic E-state index is 10.6. The Morgan fingerprint density at radius 1 is 1.25 bits per heavy atom. The van der Waals surface area contributed by atoms with Crippen LogP contribution in [0.2, 0.25) is 0 Å². The molecule has 0 spiro atoms. The Morgan fingerprint density at radius 3 is 2.50 bits per heavy atom. The summed E-state index contributed by atoms with van der Waals surface area (Å²) in [5.74, 6) is -0.532. The summed E-state index contributed by atoms with van der Waals surface area (Å²) < 4.78 is 21.2. The molecule has 7 heteroatoms. The highest BCUT2D eigenvalue weighted by Crippen LogP contribution is 2.24. The van der Waals surface area contributed by atoms with Crippen molar-refractivity contribution in [2.45, 2.75) is 6.54 Å². The van der Waals surface area contributed by atoms with E-state index in [1.54, 1.807) is 6.07 Å². The van der Waals surface area contributed by atoms with Crippen LogP contribution in [0, 0.1) is 0 Å². The number of sulfonamides is 1. The molecule has 0 unspecified atom stereocenters. The van der Waals surface area contributed by atoms with Gasteiger partial charge in [0.15, 0.2) is 11.5 Å². The maximum Gasteiger partial charge on any atom is 0.210 e. The number of hydrogen-bond donors (Lipinski definition) is 4. The summed E-state index contributed by atoms with van der Waals surface area (Å²) in [6, 6.07) is 4.39. The van der Waals surface area contributed by atoms with Crippen molar-refractivity contribution in [3.63, 3.8) is 0 Å². The highest BCUT2D eigenvalue weighted by atomic mass is 32.2. The minimum Gasteiger partial charge on any atom is -0.504 e. The van der Waals surface area contributed by atoms with E-state index in [9.17, 15) is 13.5 Å². The van der Waals surface area contributed by atoms with Gasteiger partial charge >= 0.3 is 0 Å². The van der Waals surface area contributed by atoms with Gasteiger partial charge in [0, 0.05) is 13.1 Å². The molecule has 0 amide bonds. The molecule has 1 rings (SSSR count). The van der Waals surface area contributed by atoms with E-state index in [-0.39, 0.29) is 23.8 Å². The summed E-state index contributed by atoms with van der Waals surface area (Å²) in [5.41, 5.74) is 0.740. The zero-order valence-corrected chi connectivity index (χ0v) is 9.37. The highest BCUT2D eigenvalue weighted by Gasteiger charge is 2.03. The fraction of sp³-hybridized carbons (Fsp3) is 0.333.